The monoisotopic (exact) mass is 344 g/mol. The molecule has 1 amide bonds. The number of pyridine rings is 1. The van der Waals surface area contributed by atoms with E-state index in [1.807, 2.05) is 6.19 Å². The lowest BCUT2D eigenvalue weighted by Crippen LogP contribution is -2.27. The number of hydrogen-bond donors (Lipinski definition) is 2. The highest BCUT2D eigenvalue weighted by molar-refractivity contribution is 5.94. The average Bonchev–Trinajstić information content (AvgIpc) is 3.16. The summed E-state index contributed by atoms with van der Waals surface area (Å²) in [5.41, 5.74) is 0.819. The van der Waals surface area contributed by atoms with Crippen molar-refractivity contribution in [2.24, 2.45) is 4.99 Å². The fourth-order valence-corrected chi connectivity index (χ4v) is 2.44. The van der Waals surface area contributed by atoms with Crippen molar-refractivity contribution in [1.82, 2.24) is 15.4 Å². The van der Waals surface area contributed by atoms with Crippen molar-refractivity contribution in [2.45, 2.75) is 38.5 Å². The van der Waals surface area contributed by atoms with Crippen LogP contribution in [0.2, 0.25) is 0 Å². The van der Waals surface area contributed by atoms with Gasteiger partial charge in [-0.25, -0.2) is 5.06 Å². The van der Waals surface area contributed by atoms with Crippen LogP contribution in [-0.2, 0) is 9.63 Å². The van der Waals surface area contributed by atoms with Gasteiger partial charge in [-0.2, -0.15) is 5.26 Å². The van der Waals surface area contributed by atoms with Gasteiger partial charge in [-0.15, -0.1) is 0 Å². The van der Waals surface area contributed by atoms with Gasteiger partial charge < -0.3 is 5.32 Å². The molecule has 2 heterocycles. The number of hydroxylamine groups is 2. The van der Waals surface area contributed by atoms with E-state index in [0.717, 1.165) is 37.8 Å². The van der Waals surface area contributed by atoms with Crippen LogP contribution < -0.4 is 10.6 Å². The maximum atomic E-state index is 11.8. The molecule has 0 spiro atoms. The number of rotatable bonds is 8. The molecule has 2 N–H and O–H groups in total. The van der Waals surface area contributed by atoms with Crippen LogP contribution in [0.25, 0.3) is 0 Å². The Morgan fingerprint density at radius 1 is 1.32 bits per heavy atom. The van der Waals surface area contributed by atoms with Gasteiger partial charge in [-0.05, 0) is 31.4 Å². The minimum absolute atomic E-state index is 0.0811. The van der Waals surface area contributed by atoms with Crippen LogP contribution in [0.4, 0.5) is 5.69 Å². The van der Waals surface area contributed by atoms with Crippen LogP contribution in [0.3, 0.4) is 0 Å². The van der Waals surface area contributed by atoms with Crippen molar-refractivity contribution in [2.75, 3.05) is 25.0 Å². The molecule has 0 saturated carbocycles. The number of aliphatic imine (C=N–C) groups is 1. The van der Waals surface area contributed by atoms with E-state index in [2.05, 4.69) is 20.6 Å². The van der Waals surface area contributed by atoms with Gasteiger partial charge in [0.1, 0.15) is 0 Å². The molecular weight excluding hydrogens is 320 g/mol. The second-order valence-electron chi connectivity index (χ2n) is 5.67. The summed E-state index contributed by atoms with van der Waals surface area (Å²) in [6.45, 7) is 1.98. The Kier molecular flexibility index (Phi) is 8.21. The second kappa shape index (κ2) is 11.0. The number of nitrogens with one attached hydrogen (secondary N) is 2. The Bertz CT molecular complexity index is 593. The summed E-state index contributed by atoms with van der Waals surface area (Å²) in [7, 11) is 0. The fourth-order valence-electron chi connectivity index (χ4n) is 2.44. The first kappa shape index (κ1) is 18.7. The van der Waals surface area contributed by atoms with E-state index in [9.17, 15) is 4.79 Å². The van der Waals surface area contributed by atoms with Crippen molar-refractivity contribution < 1.29 is 9.63 Å². The molecule has 134 valence electrons. The van der Waals surface area contributed by atoms with Crippen molar-refractivity contribution in [3.05, 3.63) is 24.5 Å². The van der Waals surface area contributed by atoms with E-state index < -0.39 is 0 Å². The Balaban J connectivity index is 1.59. The Morgan fingerprint density at radius 3 is 2.84 bits per heavy atom. The lowest BCUT2D eigenvalue weighted by Gasteiger charge is -2.13. The molecule has 0 atom stereocenters. The highest BCUT2D eigenvalue weighted by Gasteiger charge is 2.18. The Hall–Kier alpha value is -2.66. The number of carbonyl (C=O) groups excluding carboxylic acids is 1. The summed E-state index contributed by atoms with van der Waals surface area (Å²) in [5.74, 6) is 0.507. The van der Waals surface area contributed by atoms with Crippen LogP contribution in [0.5, 0.6) is 0 Å². The first-order valence-corrected chi connectivity index (χ1v) is 8.59. The zero-order chi connectivity index (χ0) is 17.7. The maximum Gasteiger partial charge on any atom is 0.246 e. The van der Waals surface area contributed by atoms with E-state index in [1.54, 1.807) is 24.5 Å². The normalized spacial score (nSPS) is 14.2. The predicted molar refractivity (Wildman–Crippen MR) is 94.3 cm³/mol. The van der Waals surface area contributed by atoms with Gasteiger partial charge in [0.15, 0.2) is 6.19 Å². The largest absolute Gasteiger partial charge is 0.325 e. The summed E-state index contributed by atoms with van der Waals surface area (Å²) < 4.78 is 0. The molecule has 0 bridgehead atoms. The van der Waals surface area contributed by atoms with Crippen molar-refractivity contribution >= 4 is 17.6 Å². The predicted octanol–water partition coefficient (Wildman–Crippen LogP) is 2.03. The number of hydrogen-bond acceptors (Lipinski definition) is 5. The number of nitrogens with zero attached hydrogens (tertiary/aromatic N) is 4. The van der Waals surface area contributed by atoms with Gasteiger partial charge in [0.2, 0.25) is 11.9 Å². The molecule has 1 aliphatic heterocycles. The number of carbonyl (C=O) groups is 1. The number of nitriles is 1. The lowest BCUT2D eigenvalue weighted by atomic mass is 10.1. The van der Waals surface area contributed by atoms with E-state index in [4.69, 9.17) is 10.1 Å². The molecule has 8 nitrogen and oxygen atoms in total. The van der Waals surface area contributed by atoms with Gasteiger partial charge in [0.05, 0.1) is 13.2 Å². The summed E-state index contributed by atoms with van der Waals surface area (Å²) in [5, 5.41) is 15.8. The summed E-state index contributed by atoms with van der Waals surface area (Å²) in [6, 6.07) is 3.60. The van der Waals surface area contributed by atoms with Crippen LogP contribution in [-0.4, -0.2) is 41.6 Å². The topological polar surface area (TPSA) is 103 Å². The van der Waals surface area contributed by atoms with E-state index >= 15 is 0 Å². The first-order valence-electron chi connectivity index (χ1n) is 8.59. The maximum absolute atomic E-state index is 11.8. The molecule has 0 aromatic carbocycles. The van der Waals surface area contributed by atoms with Crippen LogP contribution >= 0.6 is 0 Å². The third kappa shape index (κ3) is 7.18. The molecule has 8 heteroatoms. The third-order valence-electron chi connectivity index (χ3n) is 3.72. The highest BCUT2D eigenvalue weighted by atomic mass is 16.7. The molecular formula is C17H24N6O2. The smallest absolute Gasteiger partial charge is 0.246 e. The SMILES string of the molecule is N#CNC(=NCCCCCCC(=O)N1CCCO1)Nc1ccncc1. The molecule has 2 rings (SSSR count). The minimum Gasteiger partial charge on any atom is -0.325 e. The van der Waals surface area contributed by atoms with Crippen molar-refractivity contribution in [1.29, 1.82) is 5.26 Å². The zero-order valence-electron chi connectivity index (χ0n) is 14.3. The molecule has 1 aromatic heterocycles. The molecule has 0 aliphatic carbocycles. The molecule has 1 aliphatic rings. The van der Waals surface area contributed by atoms with Gasteiger partial charge in [0.25, 0.3) is 0 Å². The Morgan fingerprint density at radius 2 is 2.12 bits per heavy atom. The highest BCUT2D eigenvalue weighted by Crippen LogP contribution is 2.10. The van der Waals surface area contributed by atoms with Crippen LogP contribution in [0.15, 0.2) is 29.5 Å². The number of aromatic nitrogens is 1. The van der Waals surface area contributed by atoms with E-state index in [0.29, 0.717) is 32.1 Å². The fraction of sp³-hybridized carbons (Fsp3) is 0.529. The summed E-state index contributed by atoms with van der Waals surface area (Å²) in [6.07, 6.45) is 10.4. The quantitative estimate of drug-likeness (QED) is 0.246. The molecule has 1 fully saturated rings. The minimum atomic E-state index is 0.0811. The second-order valence-corrected chi connectivity index (χ2v) is 5.67. The number of amides is 1. The zero-order valence-corrected chi connectivity index (χ0v) is 14.3. The van der Waals surface area contributed by atoms with Gasteiger partial charge in [-0.1, -0.05) is 12.8 Å². The van der Waals surface area contributed by atoms with Crippen LogP contribution in [0.1, 0.15) is 38.5 Å². The van der Waals surface area contributed by atoms with E-state index in [-0.39, 0.29) is 5.91 Å². The van der Waals surface area contributed by atoms with Crippen LogP contribution in [0, 0.1) is 11.5 Å². The molecule has 25 heavy (non-hydrogen) atoms. The third-order valence-corrected chi connectivity index (χ3v) is 3.72. The standard InChI is InChI=1S/C17H24N6O2/c18-14-21-17(22-15-7-10-19-11-8-15)20-9-4-2-1-3-6-16(24)23-12-5-13-25-23/h7-8,10-11H,1-6,9,12-13H2,(H2,19,20,21,22). The van der Waals surface area contributed by atoms with Gasteiger partial charge in [-0.3, -0.25) is 24.9 Å². The van der Waals surface area contributed by atoms with Crippen molar-refractivity contribution in [3.8, 4) is 6.19 Å². The van der Waals surface area contributed by atoms with Crippen molar-refractivity contribution in [3.63, 3.8) is 0 Å². The number of unbranched alkanes of at least 4 members (excludes halogenated alkanes) is 3. The average molecular weight is 344 g/mol. The molecule has 1 saturated heterocycles. The molecule has 1 aromatic rings. The Labute approximate surface area is 147 Å². The van der Waals surface area contributed by atoms with Gasteiger partial charge >= 0.3 is 0 Å². The molecule has 0 radical (unpaired) electrons. The summed E-state index contributed by atoms with van der Waals surface area (Å²) in [4.78, 5) is 25.3. The summed E-state index contributed by atoms with van der Waals surface area (Å²) >= 11 is 0. The number of anilines is 1. The lowest BCUT2D eigenvalue weighted by molar-refractivity contribution is -0.168. The first-order chi connectivity index (χ1) is 12.3. The van der Waals surface area contributed by atoms with E-state index in [1.165, 1.54) is 5.06 Å². The molecule has 0 unspecified atom stereocenters. The van der Waals surface area contributed by atoms with Gasteiger partial charge in [0, 0.05) is 31.0 Å². The number of guanidine groups is 1.